The van der Waals surface area contributed by atoms with E-state index < -0.39 is 11.7 Å². The molecule has 1 amide bonds. The van der Waals surface area contributed by atoms with Gasteiger partial charge >= 0.3 is 6.18 Å². The van der Waals surface area contributed by atoms with Crippen LogP contribution < -0.4 is 5.32 Å². The van der Waals surface area contributed by atoms with Crippen LogP contribution in [0.25, 0.3) is 0 Å². The molecule has 2 nitrogen and oxygen atoms in total. The minimum atomic E-state index is -4.53. The number of thioether (sulfide) groups is 1. The van der Waals surface area contributed by atoms with Gasteiger partial charge in [0.25, 0.3) is 0 Å². The normalized spacial score (nSPS) is 19.5. The first-order valence-corrected chi connectivity index (χ1v) is 7.16. The van der Waals surface area contributed by atoms with Gasteiger partial charge in [-0.3, -0.25) is 4.79 Å². The third-order valence-corrected chi connectivity index (χ3v) is 4.33. The number of hydrogen-bond acceptors (Lipinski definition) is 2. The Labute approximate surface area is 117 Å². The van der Waals surface area contributed by atoms with E-state index in [0.29, 0.717) is 5.75 Å². The van der Waals surface area contributed by atoms with Gasteiger partial charge in [-0.1, -0.05) is 11.6 Å². The van der Waals surface area contributed by atoms with Crippen molar-refractivity contribution in [2.45, 2.75) is 12.6 Å². The largest absolute Gasteiger partial charge is 0.417 e. The summed E-state index contributed by atoms with van der Waals surface area (Å²) < 4.78 is 38.0. The lowest BCUT2D eigenvalue weighted by Crippen LogP contribution is -2.22. The molecule has 1 saturated heterocycles. The van der Waals surface area contributed by atoms with E-state index in [9.17, 15) is 18.0 Å². The lowest BCUT2D eigenvalue weighted by Gasteiger charge is -2.13. The van der Waals surface area contributed by atoms with Gasteiger partial charge in [-0.05, 0) is 30.4 Å². The standard InChI is InChI=1S/C12H11ClF3NOS/c13-10-2-1-8(5-9(10)12(14,15)16)17-11(18)7-3-4-19-6-7/h1-2,5,7H,3-4,6H2,(H,17,18). The van der Waals surface area contributed by atoms with E-state index in [1.165, 1.54) is 6.07 Å². The quantitative estimate of drug-likeness (QED) is 0.893. The zero-order valence-electron chi connectivity index (χ0n) is 9.76. The number of hydrogen-bond donors (Lipinski definition) is 1. The van der Waals surface area contributed by atoms with Crippen molar-refractivity contribution in [3.63, 3.8) is 0 Å². The summed E-state index contributed by atoms with van der Waals surface area (Å²) in [5.41, 5.74) is -0.814. The fraction of sp³-hybridized carbons (Fsp3) is 0.417. The molecule has 2 rings (SSSR count). The van der Waals surface area contributed by atoms with E-state index >= 15 is 0 Å². The summed E-state index contributed by atoms with van der Waals surface area (Å²) in [6, 6.07) is 3.38. The zero-order valence-corrected chi connectivity index (χ0v) is 11.3. The lowest BCUT2D eigenvalue weighted by molar-refractivity contribution is -0.137. The van der Waals surface area contributed by atoms with Gasteiger partial charge in [0.05, 0.1) is 10.6 Å². The van der Waals surface area contributed by atoms with Gasteiger partial charge in [-0.15, -0.1) is 0 Å². The maximum atomic E-state index is 12.7. The van der Waals surface area contributed by atoms with E-state index in [1.54, 1.807) is 11.8 Å². The predicted octanol–water partition coefficient (Wildman–Crippen LogP) is 4.05. The van der Waals surface area contributed by atoms with Crippen molar-refractivity contribution in [2.75, 3.05) is 16.8 Å². The van der Waals surface area contributed by atoms with Gasteiger partial charge in [0.1, 0.15) is 0 Å². The molecule has 19 heavy (non-hydrogen) atoms. The van der Waals surface area contributed by atoms with Crippen molar-refractivity contribution in [1.29, 1.82) is 0 Å². The number of nitrogens with one attached hydrogen (secondary N) is 1. The Morgan fingerprint density at radius 3 is 2.74 bits per heavy atom. The number of carbonyl (C=O) groups is 1. The molecule has 0 saturated carbocycles. The third-order valence-electron chi connectivity index (χ3n) is 2.84. The van der Waals surface area contributed by atoms with Crippen molar-refractivity contribution < 1.29 is 18.0 Å². The van der Waals surface area contributed by atoms with Crippen molar-refractivity contribution in [2.24, 2.45) is 5.92 Å². The molecule has 1 aliphatic heterocycles. The number of alkyl halides is 3. The van der Waals surface area contributed by atoms with Crippen LogP contribution in [0.4, 0.5) is 18.9 Å². The molecule has 1 atom stereocenters. The number of carbonyl (C=O) groups excluding carboxylic acids is 1. The van der Waals surface area contributed by atoms with Crippen molar-refractivity contribution in [3.05, 3.63) is 28.8 Å². The fourth-order valence-electron chi connectivity index (χ4n) is 1.81. The molecule has 0 spiro atoms. The topological polar surface area (TPSA) is 29.1 Å². The highest BCUT2D eigenvalue weighted by Gasteiger charge is 2.33. The van der Waals surface area contributed by atoms with E-state index in [2.05, 4.69) is 5.32 Å². The van der Waals surface area contributed by atoms with E-state index in [0.717, 1.165) is 24.3 Å². The smallest absolute Gasteiger partial charge is 0.326 e. The molecule has 0 aliphatic carbocycles. The molecule has 0 aromatic heterocycles. The first kappa shape index (κ1) is 14.5. The Morgan fingerprint density at radius 2 is 2.16 bits per heavy atom. The minimum Gasteiger partial charge on any atom is -0.326 e. The highest BCUT2D eigenvalue weighted by molar-refractivity contribution is 7.99. The SMILES string of the molecule is O=C(Nc1ccc(Cl)c(C(F)(F)F)c1)C1CCSC1. The summed E-state index contributed by atoms with van der Waals surface area (Å²) in [4.78, 5) is 11.8. The lowest BCUT2D eigenvalue weighted by atomic mass is 10.1. The predicted molar refractivity (Wildman–Crippen MR) is 70.5 cm³/mol. The second-order valence-corrected chi connectivity index (χ2v) is 5.80. The van der Waals surface area contributed by atoms with Crippen LogP contribution in [-0.4, -0.2) is 17.4 Å². The Bertz CT molecular complexity index is 486. The van der Waals surface area contributed by atoms with Crippen LogP contribution in [0, 0.1) is 5.92 Å². The van der Waals surface area contributed by atoms with Crippen LogP contribution in [0.1, 0.15) is 12.0 Å². The summed E-state index contributed by atoms with van der Waals surface area (Å²) in [6.07, 6.45) is -3.77. The van der Waals surface area contributed by atoms with Crippen molar-refractivity contribution >= 4 is 35.0 Å². The number of benzene rings is 1. The van der Waals surface area contributed by atoms with Gasteiger partial charge in [0.2, 0.25) is 5.91 Å². The Kier molecular flexibility index (Phi) is 4.30. The van der Waals surface area contributed by atoms with Crippen LogP contribution in [0.5, 0.6) is 0 Å². The molecular formula is C12H11ClF3NOS. The maximum Gasteiger partial charge on any atom is 0.417 e. The summed E-state index contributed by atoms with van der Waals surface area (Å²) in [5.74, 6) is 1.26. The second kappa shape index (κ2) is 5.63. The zero-order chi connectivity index (χ0) is 14.0. The van der Waals surface area contributed by atoms with Crippen LogP contribution in [0.3, 0.4) is 0 Å². The summed E-state index contributed by atoms with van der Waals surface area (Å²) in [5, 5.41) is 2.14. The number of rotatable bonds is 2. The van der Waals surface area contributed by atoms with Crippen LogP contribution >= 0.6 is 23.4 Å². The van der Waals surface area contributed by atoms with E-state index in [-0.39, 0.29) is 22.5 Å². The average molecular weight is 310 g/mol. The molecule has 7 heteroatoms. The molecule has 1 aromatic carbocycles. The van der Waals surface area contributed by atoms with Gasteiger partial charge in [-0.2, -0.15) is 24.9 Å². The molecule has 1 aliphatic rings. The fourth-order valence-corrected chi connectivity index (χ4v) is 3.25. The average Bonchev–Trinajstić information content (AvgIpc) is 2.83. The molecule has 104 valence electrons. The number of halogens is 4. The van der Waals surface area contributed by atoms with Gasteiger partial charge in [0, 0.05) is 17.4 Å². The number of amides is 1. The summed E-state index contributed by atoms with van der Waals surface area (Å²) in [6.45, 7) is 0. The van der Waals surface area contributed by atoms with Gasteiger partial charge in [0.15, 0.2) is 0 Å². The summed E-state index contributed by atoms with van der Waals surface area (Å²) in [7, 11) is 0. The third kappa shape index (κ3) is 3.57. The molecule has 1 fully saturated rings. The Hall–Kier alpha value is -0.880. The monoisotopic (exact) mass is 309 g/mol. The van der Waals surface area contributed by atoms with Crippen LogP contribution in [0.15, 0.2) is 18.2 Å². The van der Waals surface area contributed by atoms with E-state index in [1.807, 2.05) is 0 Å². The molecule has 0 radical (unpaired) electrons. The molecule has 1 N–H and O–H groups in total. The van der Waals surface area contributed by atoms with Gasteiger partial charge < -0.3 is 5.32 Å². The van der Waals surface area contributed by atoms with Crippen LogP contribution in [0.2, 0.25) is 5.02 Å². The molecule has 1 unspecified atom stereocenters. The highest BCUT2D eigenvalue weighted by Crippen LogP contribution is 2.36. The Morgan fingerprint density at radius 1 is 1.42 bits per heavy atom. The first-order valence-electron chi connectivity index (χ1n) is 5.63. The first-order chi connectivity index (χ1) is 8.88. The van der Waals surface area contributed by atoms with Crippen LogP contribution in [-0.2, 0) is 11.0 Å². The van der Waals surface area contributed by atoms with E-state index in [4.69, 9.17) is 11.6 Å². The second-order valence-electron chi connectivity index (χ2n) is 4.24. The van der Waals surface area contributed by atoms with Gasteiger partial charge in [-0.25, -0.2) is 0 Å². The Balaban J connectivity index is 2.15. The number of anilines is 1. The summed E-state index contributed by atoms with van der Waals surface area (Å²) >= 11 is 7.18. The van der Waals surface area contributed by atoms with Crippen molar-refractivity contribution in [3.8, 4) is 0 Å². The molecular weight excluding hydrogens is 299 g/mol. The molecule has 1 heterocycles. The molecule has 0 bridgehead atoms. The highest BCUT2D eigenvalue weighted by atomic mass is 35.5. The van der Waals surface area contributed by atoms with Crippen molar-refractivity contribution in [1.82, 2.24) is 0 Å². The maximum absolute atomic E-state index is 12.7. The molecule has 1 aromatic rings. The minimum absolute atomic E-state index is 0.124.